The number of hydrogen-bond acceptors (Lipinski definition) is 5. The van der Waals surface area contributed by atoms with Gasteiger partial charge in [-0.15, -0.1) is 11.3 Å². The van der Waals surface area contributed by atoms with Crippen molar-refractivity contribution in [2.75, 3.05) is 7.11 Å². The highest BCUT2D eigenvalue weighted by molar-refractivity contribution is 7.17. The maximum atomic E-state index is 13.2. The summed E-state index contributed by atoms with van der Waals surface area (Å²) in [7, 11) is 1.48. The van der Waals surface area contributed by atoms with Gasteiger partial charge in [0.1, 0.15) is 17.0 Å². The number of fused-ring (bicyclic) bond motifs is 1. The normalized spacial score (nSPS) is 12.1. The Morgan fingerprint density at radius 1 is 1.26 bits per heavy atom. The lowest BCUT2D eigenvalue weighted by atomic mass is 10.2. The van der Waals surface area contributed by atoms with Crippen molar-refractivity contribution in [1.29, 1.82) is 0 Å². The zero-order valence-corrected chi connectivity index (χ0v) is 16.2. The summed E-state index contributed by atoms with van der Waals surface area (Å²) >= 11 is 1.24. The summed E-state index contributed by atoms with van der Waals surface area (Å²) in [5.41, 5.74) is -0.190. The minimum absolute atomic E-state index is 0.00582. The topological polar surface area (TPSA) is 82.3 Å². The SMILES string of the molecule is CCC(C)NC(=O)Cn1c(=O)n(-c2ccccc2OC)c(=O)c2sccc21. The highest BCUT2D eigenvalue weighted by Gasteiger charge is 2.19. The van der Waals surface area contributed by atoms with Crippen LogP contribution in [0.25, 0.3) is 15.9 Å². The van der Waals surface area contributed by atoms with Gasteiger partial charge in [-0.05, 0) is 36.9 Å². The van der Waals surface area contributed by atoms with Gasteiger partial charge in [-0.3, -0.25) is 14.2 Å². The molecule has 0 fully saturated rings. The molecule has 1 unspecified atom stereocenters. The van der Waals surface area contributed by atoms with Crippen molar-refractivity contribution in [2.24, 2.45) is 0 Å². The van der Waals surface area contributed by atoms with Crippen LogP contribution in [0, 0.1) is 0 Å². The lowest BCUT2D eigenvalue weighted by Gasteiger charge is -2.15. The highest BCUT2D eigenvalue weighted by atomic mass is 32.1. The van der Waals surface area contributed by atoms with E-state index in [1.807, 2.05) is 13.8 Å². The van der Waals surface area contributed by atoms with Crippen molar-refractivity contribution in [3.63, 3.8) is 0 Å². The molecule has 142 valence electrons. The summed E-state index contributed by atoms with van der Waals surface area (Å²) in [6, 6.07) is 8.50. The van der Waals surface area contributed by atoms with Crippen LogP contribution in [-0.2, 0) is 11.3 Å². The molecular formula is C19H21N3O4S. The number of benzene rings is 1. The van der Waals surface area contributed by atoms with E-state index in [0.29, 0.717) is 21.7 Å². The molecule has 8 heteroatoms. The van der Waals surface area contributed by atoms with E-state index in [2.05, 4.69) is 5.32 Å². The van der Waals surface area contributed by atoms with Crippen molar-refractivity contribution in [3.8, 4) is 11.4 Å². The van der Waals surface area contributed by atoms with E-state index in [1.165, 1.54) is 23.0 Å². The molecule has 3 aromatic rings. The molecule has 0 aliphatic rings. The zero-order chi connectivity index (χ0) is 19.6. The first kappa shape index (κ1) is 18.9. The monoisotopic (exact) mass is 387 g/mol. The van der Waals surface area contributed by atoms with Crippen LogP contribution in [0.2, 0.25) is 0 Å². The summed E-state index contributed by atoms with van der Waals surface area (Å²) in [4.78, 5) is 38.5. The summed E-state index contributed by atoms with van der Waals surface area (Å²) in [5, 5.41) is 4.59. The first-order valence-corrected chi connectivity index (χ1v) is 9.51. The second-order valence-corrected chi connectivity index (χ2v) is 7.11. The van der Waals surface area contributed by atoms with E-state index < -0.39 is 11.2 Å². The largest absolute Gasteiger partial charge is 0.495 e. The Kier molecular flexibility index (Phi) is 5.46. The lowest BCUT2D eigenvalue weighted by Crippen LogP contribution is -2.42. The number of hydrogen-bond donors (Lipinski definition) is 1. The predicted molar refractivity (Wildman–Crippen MR) is 106 cm³/mol. The summed E-state index contributed by atoms with van der Waals surface area (Å²) in [5.74, 6) is 0.132. The second-order valence-electron chi connectivity index (χ2n) is 6.19. The number of nitrogens with zero attached hydrogens (tertiary/aromatic N) is 2. The standard InChI is InChI=1S/C19H21N3O4S/c1-4-12(2)20-16(23)11-21-14-9-10-27-17(14)18(24)22(19(21)25)13-7-5-6-8-15(13)26-3/h5-10,12H,4,11H2,1-3H3,(H,20,23). The minimum atomic E-state index is -0.574. The van der Waals surface area contributed by atoms with Gasteiger partial charge in [0.05, 0.1) is 18.3 Å². The molecule has 0 bridgehead atoms. The van der Waals surface area contributed by atoms with Crippen LogP contribution in [0.15, 0.2) is 45.3 Å². The number of para-hydroxylation sites is 2. The Morgan fingerprint density at radius 2 is 2.00 bits per heavy atom. The van der Waals surface area contributed by atoms with Crippen molar-refractivity contribution < 1.29 is 9.53 Å². The van der Waals surface area contributed by atoms with Gasteiger partial charge in [0.25, 0.3) is 5.56 Å². The summed E-state index contributed by atoms with van der Waals surface area (Å²) in [6.45, 7) is 3.71. The zero-order valence-electron chi connectivity index (χ0n) is 15.4. The highest BCUT2D eigenvalue weighted by Crippen LogP contribution is 2.21. The lowest BCUT2D eigenvalue weighted by molar-refractivity contribution is -0.122. The van der Waals surface area contributed by atoms with Gasteiger partial charge in [-0.25, -0.2) is 9.36 Å². The number of methoxy groups -OCH3 is 1. The van der Waals surface area contributed by atoms with Crippen molar-refractivity contribution >= 4 is 27.5 Å². The number of carbonyl (C=O) groups excluding carboxylic acids is 1. The number of aromatic nitrogens is 2. The fourth-order valence-electron chi connectivity index (χ4n) is 2.83. The first-order valence-electron chi connectivity index (χ1n) is 8.63. The van der Waals surface area contributed by atoms with Crippen LogP contribution in [0.4, 0.5) is 0 Å². The van der Waals surface area contributed by atoms with E-state index in [-0.39, 0.29) is 18.5 Å². The molecule has 1 atom stereocenters. The van der Waals surface area contributed by atoms with E-state index in [4.69, 9.17) is 4.74 Å². The van der Waals surface area contributed by atoms with Crippen LogP contribution in [0.3, 0.4) is 0 Å². The molecule has 0 saturated heterocycles. The van der Waals surface area contributed by atoms with E-state index in [9.17, 15) is 14.4 Å². The van der Waals surface area contributed by atoms with Crippen LogP contribution in [0.1, 0.15) is 20.3 Å². The molecule has 27 heavy (non-hydrogen) atoms. The molecule has 0 saturated carbocycles. The van der Waals surface area contributed by atoms with Crippen molar-refractivity contribution in [1.82, 2.24) is 14.5 Å². The maximum Gasteiger partial charge on any atom is 0.336 e. The number of rotatable bonds is 6. The molecule has 0 aliphatic carbocycles. The molecule has 0 spiro atoms. The van der Waals surface area contributed by atoms with E-state index in [0.717, 1.165) is 11.0 Å². The summed E-state index contributed by atoms with van der Waals surface area (Å²) < 4.78 is 8.12. The van der Waals surface area contributed by atoms with Gasteiger partial charge in [-0.2, -0.15) is 0 Å². The molecule has 1 N–H and O–H groups in total. The fraction of sp³-hybridized carbons (Fsp3) is 0.316. The summed E-state index contributed by atoms with van der Waals surface area (Å²) in [6.07, 6.45) is 0.787. The van der Waals surface area contributed by atoms with Crippen LogP contribution >= 0.6 is 11.3 Å². The molecule has 0 radical (unpaired) electrons. The maximum absolute atomic E-state index is 13.2. The average molecular weight is 387 g/mol. The molecule has 0 aliphatic heterocycles. The number of ether oxygens (including phenoxy) is 1. The van der Waals surface area contributed by atoms with Crippen LogP contribution in [-0.4, -0.2) is 28.2 Å². The Hall–Kier alpha value is -2.87. The molecule has 2 aromatic heterocycles. The van der Waals surface area contributed by atoms with Crippen LogP contribution in [0.5, 0.6) is 5.75 Å². The number of nitrogens with one attached hydrogen (secondary N) is 1. The number of carbonyl (C=O) groups is 1. The van der Waals surface area contributed by atoms with Gasteiger partial charge in [0.2, 0.25) is 5.91 Å². The molecule has 7 nitrogen and oxygen atoms in total. The molecule has 3 rings (SSSR count). The third kappa shape index (κ3) is 3.52. The van der Waals surface area contributed by atoms with Gasteiger partial charge in [-0.1, -0.05) is 19.1 Å². The van der Waals surface area contributed by atoms with E-state index in [1.54, 1.807) is 35.7 Å². The Balaban J connectivity index is 2.21. The Labute approximate surface area is 159 Å². The molecule has 1 aromatic carbocycles. The number of thiophene rings is 1. The Bertz CT molecular complexity index is 1100. The third-order valence-corrected chi connectivity index (χ3v) is 5.29. The molecular weight excluding hydrogens is 366 g/mol. The average Bonchev–Trinajstić information content (AvgIpc) is 3.15. The number of amides is 1. The van der Waals surface area contributed by atoms with Gasteiger partial charge >= 0.3 is 5.69 Å². The second kappa shape index (κ2) is 7.79. The Morgan fingerprint density at radius 3 is 2.70 bits per heavy atom. The molecule has 2 heterocycles. The van der Waals surface area contributed by atoms with Crippen molar-refractivity contribution in [2.45, 2.75) is 32.9 Å². The predicted octanol–water partition coefficient (Wildman–Crippen LogP) is 2.14. The smallest absolute Gasteiger partial charge is 0.336 e. The fourth-order valence-corrected chi connectivity index (χ4v) is 3.66. The van der Waals surface area contributed by atoms with Gasteiger partial charge < -0.3 is 10.1 Å². The van der Waals surface area contributed by atoms with Crippen LogP contribution < -0.4 is 21.3 Å². The minimum Gasteiger partial charge on any atom is -0.495 e. The van der Waals surface area contributed by atoms with E-state index >= 15 is 0 Å². The first-order chi connectivity index (χ1) is 13.0. The van der Waals surface area contributed by atoms with Gasteiger partial charge in [0.15, 0.2) is 0 Å². The quantitative estimate of drug-likeness (QED) is 0.703. The van der Waals surface area contributed by atoms with Gasteiger partial charge in [0, 0.05) is 6.04 Å². The van der Waals surface area contributed by atoms with Crippen molar-refractivity contribution in [3.05, 3.63) is 56.5 Å². The molecule has 1 amide bonds. The third-order valence-electron chi connectivity index (χ3n) is 4.40.